The Labute approximate surface area is 228 Å². The minimum absolute atomic E-state index is 0.00719. The number of anilines is 2. The predicted octanol–water partition coefficient (Wildman–Crippen LogP) is 4.26. The molecule has 2 aromatic carbocycles. The molecule has 2 amide bonds. The second-order valence-corrected chi connectivity index (χ2v) is 9.23. The number of carbonyl (C=O) groups is 2. The van der Waals surface area contributed by atoms with E-state index >= 15 is 0 Å². The SMILES string of the molecule is CC(=O)NCCNc1cc(N2CCN(C(=O)C=CC=Cc3ccccc3)CC2)nc(-c2ccc(Cl)cc2)n1. The first-order valence-electron chi connectivity index (χ1n) is 12.5. The van der Waals surface area contributed by atoms with Gasteiger partial charge < -0.3 is 20.4 Å². The second kappa shape index (κ2) is 13.4. The van der Waals surface area contributed by atoms with Crippen LogP contribution in [0.5, 0.6) is 0 Å². The summed E-state index contributed by atoms with van der Waals surface area (Å²) in [6, 6.07) is 19.3. The average molecular weight is 531 g/mol. The highest BCUT2D eigenvalue weighted by Gasteiger charge is 2.22. The summed E-state index contributed by atoms with van der Waals surface area (Å²) in [4.78, 5) is 37.3. The number of benzene rings is 2. The Bertz CT molecular complexity index is 1290. The molecule has 4 rings (SSSR count). The number of nitrogens with zero attached hydrogens (tertiary/aromatic N) is 4. The molecular formula is C29H31ClN6O2. The van der Waals surface area contributed by atoms with E-state index in [9.17, 15) is 9.59 Å². The third-order valence-corrected chi connectivity index (χ3v) is 6.23. The van der Waals surface area contributed by atoms with Crippen molar-refractivity contribution in [1.82, 2.24) is 20.2 Å². The van der Waals surface area contributed by atoms with E-state index < -0.39 is 0 Å². The van der Waals surface area contributed by atoms with E-state index in [1.54, 1.807) is 12.2 Å². The number of halogens is 1. The van der Waals surface area contributed by atoms with E-state index in [-0.39, 0.29) is 11.8 Å². The molecule has 1 aliphatic rings. The van der Waals surface area contributed by atoms with Gasteiger partial charge in [0.15, 0.2) is 5.82 Å². The van der Waals surface area contributed by atoms with Gasteiger partial charge in [-0.15, -0.1) is 0 Å². The number of carbonyl (C=O) groups excluding carboxylic acids is 2. The number of amides is 2. The summed E-state index contributed by atoms with van der Waals surface area (Å²) in [6.45, 7) is 5.00. The lowest BCUT2D eigenvalue weighted by molar-refractivity contribution is -0.126. The van der Waals surface area contributed by atoms with Gasteiger partial charge in [-0.3, -0.25) is 9.59 Å². The fourth-order valence-electron chi connectivity index (χ4n) is 3.97. The largest absolute Gasteiger partial charge is 0.368 e. The molecule has 1 fully saturated rings. The van der Waals surface area contributed by atoms with Crippen molar-refractivity contribution < 1.29 is 9.59 Å². The summed E-state index contributed by atoms with van der Waals surface area (Å²) in [5.74, 6) is 1.93. The highest BCUT2D eigenvalue weighted by atomic mass is 35.5. The molecule has 9 heteroatoms. The van der Waals surface area contributed by atoms with Crippen LogP contribution >= 0.6 is 11.6 Å². The molecule has 1 saturated heterocycles. The lowest BCUT2D eigenvalue weighted by Crippen LogP contribution is -2.48. The maximum absolute atomic E-state index is 12.7. The van der Waals surface area contributed by atoms with Crippen molar-refractivity contribution in [3.8, 4) is 11.4 Å². The lowest BCUT2D eigenvalue weighted by atomic mass is 10.2. The maximum atomic E-state index is 12.7. The van der Waals surface area contributed by atoms with E-state index in [0.29, 0.717) is 55.9 Å². The molecule has 38 heavy (non-hydrogen) atoms. The molecule has 2 N–H and O–H groups in total. The number of hydrogen-bond donors (Lipinski definition) is 2. The highest BCUT2D eigenvalue weighted by Crippen LogP contribution is 2.24. The van der Waals surface area contributed by atoms with Gasteiger partial charge in [-0.1, -0.05) is 60.2 Å². The summed E-state index contributed by atoms with van der Waals surface area (Å²) in [5.41, 5.74) is 1.94. The molecule has 0 radical (unpaired) electrons. The highest BCUT2D eigenvalue weighted by molar-refractivity contribution is 6.30. The van der Waals surface area contributed by atoms with Crippen molar-refractivity contribution in [3.63, 3.8) is 0 Å². The van der Waals surface area contributed by atoms with Gasteiger partial charge in [0, 0.05) is 68.9 Å². The Balaban J connectivity index is 1.40. The van der Waals surface area contributed by atoms with Crippen LogP contribution in [0.2, 0.25) is 5.02 Å². The molecule has 1 aliphatic heterocycles. The minimum Gasteiger partial charge on any atom is -0.368 e. The molecule has 0 spiro atoms. The first-order chi connectivity index (χ1) is 18.5. The van der Waals surface area contributed by atoms with Crippen LogP contribution in [0.15, 0.2) is 78.9 Å². The molecule has 3 aromatic rings. The molecule has 0 saturated carbocycles. The fourth-order valence-corrected chi connectivity index (χ4v) is 4.10. The molecule has 2 heterocycles. The summed E-state index contributed by atoms with van der Waals surface area (Å²) in [6.07, 6.45) is 7.24. The Morgan fingerprint density at radius 2 is 1.68 bits per heavy atom. The standard InChI is InChI=1S/C29H31ClN6O2/c1-22(37)31-15-16-32-26-21-27(34-29(33-26)24-11-13-25(30)14-12-24)35-17-19-36(20-18-35)28(38)10-6-5-9-23-7-3-2-4-8-23/h2-14,21H,15-20H2,1H3,(H,31,37)(H,32,33,34). The van der Waals surface area contributed by atoms with Crippen LogP contribution < -0.4 is 15.5 Å². The van der Waals surface area contributed by atoms with Gasteiger partial charge in [0.25, 0.3) is 0 Å². The molecule has 196 valence electrons. The van der Waals surface area contributed by atoms with Gasteiger partial charge in [-0.25, -0.2) is 9.97 Å². The smallest absolute Gasteiger partial charge is 0.246 e. The number of rotatable bonds is 9. The van der Waals surface area contributed by atoms with Crippen LogP contribution in [-0.4, -0.2) is 66.0 Å². The van der Waals surface area contributed by atoms with Crippen LogP contribution in [-0.2, 0) is 9.59 Å². The van der Waals surface area contributed by atoms with Crippen molar-refractivity contribution in [2.75, 3.05) is 49.5 Å². The van der Waals surface area contributed by atoms with Crippen LogP contribution in [0.4, 0.5) is 11.6 Å². The topological polar surface area (TPSA) is 90.5 Å². The van der Waals surface area contributed by atoms with Gasteiger partial charge in [0.05, 0.1) is 0 Å². The van der Waals surface area contributed by atoms with Gasteiger partial charge in [-0.05, 0) is 29.8 Å². The van der Waals surface area contributed by atoms with Gasteiger partial charge >= 0.3 is 0 Å². The van der Waals surface area contributed by atoms with Crippen molar-refractivity contribution in [1.29, 1.82) is 0 Å². The summed E-state index contributed by atoms with van der Waals surface area (Å²) >= 11 is 6.06. The maximum Gasteiger partial charge on any atom is 0.246 e. The van der Waals surface area contributed by atoms with Crippen LogP contribution in [0.25, 0.3) is 17.5 Å². The number of nitrogens with one attached hydrogen (secondary N) is 2. The minimum atomic E-state index is -0.0773. The molecule has 1 aromatic heterocycles. The van der Waals surface area contributed by atoms with E-state index in [4.69, 9.17) is 16.6 Å². The zero-order valence-corrected chi connectivity index (χ0v) is 22.1. The van der Waals surface area contributed by atoms with E-state index in [0.717, 1.165) is 16.9 Å². The molecule has 0 unspecified atom stereocenters. The molecule has 0 atom stereocenters. The molecule has 0 bridgehead atoms. The quantitative estimate of drug-likeness (QED) is 0.244. The first-order valence-corrected chi connectivity index (χ1v) is 12.9. The van der Waals surface area contributed by atoms with Crippen molar-refractivity contribution in [2.45, 2.75) is 6.92 Å². The second-order valence-electron chi connectivity index (χ2n) is 8.79. The van der Waals surface area contributed by atoms with E-state index in [1.807, 2.05) is 77.7 Å². The van der Waals surface area contributed by atoms with Gasteiger partial charge in [0.1, 0.15) is 11.6 Å². The molecule has 0 aliphatic carbocycles. The Hall–Kier alpha value is -4.17. The van der Waals surface area contributed by atoms with Gasteiger partial charge in [0.2, 0.25) is 11.8 Å². The predicted molar refractivity (Wildman–Crippen MR) is 153 cm³/mol. The Morgan fingerprint density at radius 3 is 2.39 bits per heavy atom. The summed E-state index contributed by atoms with van der Waals surface area (Å²) in [7, 11) is 0. The van der Waals surface area contributed by atoms with E-state index in [2.05, 4.69) is 20.5 Å². The zero-order valence-electron chi connectivity index (χ0n) is 21.3. The summed E-state index contributed by atoms with van der Waals surface area (Å²) < 4.78 is 0. The molecular weight excluding hydrogens is 500 g/mol. The monoisotopic (exact) mass is 530 g/mol. The van der Waals surface area contributed by atoms with Crippen LogP contribution in [0, 0.1) is 0 Å². The zero-order chi connectivity index (χ0) is 26.7. The first kappa shape index (κ1) is 26.9. The molecule has 8 nitrogen and oxygen atoms in total. The third kappa shape index (κ3) is 7.91. The number of hydrogen-bond acceptors (Lipinski definition) is 6. The Kier molecular flexibility index (Phi) is 9.48. The summed E-state index contributed by atoms with van der Waals surface area (Å²) in [5, 5.41) is 6.68. The number of allylic oxidation sites excluding steroid dienone is 2. The lowest BCUT2D eigenvalue weighted by Gasteiger charge is -2.35. The van der Waals surface area contributed by atoms with Crippen molar-refractivity contribution in [2.24, 2.45) is 0 Å². The Morgan fingerprint density at radius 1 is 0.947 bits per heavy atom. The van der Waals surface area contributed by atoms with Crippen LogP contribution in [0.3, 0.4) is 0 Å². The van der Waals surface area contributed by atoms with Gasteiger partial charge in [-0.2, -0.15) is 0 Å². The fraction of sp³-hybridized carbons (Fsp3) is 0.241. The van der Waals surface area contributed by atoms with Crippen molar-refractivity contribution in [3.05, 3.63) is 89.5 Å². The normalized spacial score (nSPS) is 13.7. The van der Waals surface area contributed by atoms with E-state index in [1.165, 1.54) is 6.92 Å². The number of aromatic nitrogens is 2. The van der Waals surface area contributed by atoms with Crippen LogP contribution in [0.1, 0.15) is 12.5 Å². The van der Waals surface area contributed by atoms with Crippen molar-refractivity contribution >= 4 is 41.1 Å². The average Bonchev–Trinajstić information content (AvgIpc) is 2.94. The third-order valence-electron chi connectivity index (χ3n) is 5.97. The number of piperazine rings is 1.